The Hall–Kier alpha value is -0.160. The smallest absolute Gasteiger partial charge is 0.0474 e. The molecule has 3 aliphatic rings. The molecule has 4 atom stereocenters. The van der Waals surface area contributed by atoms with Gasteiger partial charge in [-0.2, -0.15) is 0 Å². The molecule has 1 saturated carbocycles. The van der Waals surface area contributed by atoms with Crippen molar-refractivity contribution in [1.82, 2.24) is 14.7 Å². The van der Waals surface area contributed by atoms with Gasteiger partial charge in [-0.3, -0.25) is 9.80 Å². The van der Waals surface area contributed by atoms with Gasteiger partial charge in [-0.05, 0) is 46.2 Å². The third kappa shape index (κ3) is 2.41. The molecule has 1 aliphatic carbocycles. The molecule has 3 fully saturated rings. The van der Waals surface area contributed by atoms with E-state index in [0.717, 1.165) is 18.5 Å². The fourth-order valence-electron chi connectivity index (χ4n) is 4.64. The quantitative estimate of drug-likeness (QED) is 0.827. The Labute approximate surface area is 124 Å². The van der Waals surface area contributed by atoms with Crippen LogP contribution in [0.3, 0.4) is 0 Å². The highest BCUT2D eigenvalue weighted by Gasteiger charge is 2.51. The molecule has 2 aliphatic heterocycles. The van der Waals surface area contributed by atoms with Crippen LogP contribution in [-0.2, 0) is 0 Å². The molecule has 3 rings (SSSR count). The van der Waals surface area contributed by atoms with E-state index in [9.17, 15) is 0 Å². The summed E-state index contributed by atoms with van der Waals surface area (Å²) in [6, 6.07) is 2.26. The molecular weight excluding hydrogens is 248 g/mol. The zero-order chi connectivity index (χ0) is 14.5. The van der Waals surface area contributed by atoms with Crippen LogP contribution in [0.1, 0.15) is 33.1 Å². The Morgan fingerprint density at radius 1 is 1.20 bits per heavy atom. The number of likely N-dealkylation sites (tertiary alicyclic amines) is 2. The molecule has 0 amide bonds. The molecule has 0 radical (unpaired) electrons. The van der Waals surface area contributed by atoms with Crippen molar-refractivity contribution >= 4 is 0 Å². The molecule has 4 heteroatoms. The van der Waals surface area contributed by atoms with Gasteiger partial charge in [0.05, 0.1) is 0 Å². The predicted octanol–water partition coefficient (Wildman–Crippen LogP) is 0.822. The molecule has 2 N–H and O–H groups in total. The van der Waals surface area contributed by atoms with Crippen molar-refractivity contribution < 1.29 is 0 Å². The van der Waals surface area contributed by atoms with Crippen molar-refractivity contribution in [2.75, 3.05) is 40.3 Å². The fraction of sp³-hybridized carbons (Fsp3) is 1.00. The van der Waals surface area contributed by atoms with Crippen LogP contribution >= 0.6 is 0 Å². The van der Waals surface area contributed by atoms with Crippen LogP contribution in [0.15, 0.2) is 0 Å². The first kappa shape index (κ1) is 14.8. The Morgan fingerprint density at radius 3 is 2.40 bits per heavy atom. The SMILES string of the molecule is CC1CN(C2(CN)CC(C)N(C3CC3)C2)CC1N(C)C. The van der Waals surface area contributed by atoms with Crippen molar-refractivity contribution in [2.45, 2.75) is 56.8 Å². The van der Waals surface area contributed by atoms with Crippen molar-refractivity contribution in [3.05, 3.63) is 0 Å². The van der Waals surface area contributed by atoms with E-state index in [0.29, 0.717) is 12.1 Å². The minimum absolute atomic E-state index is 0.237. The molecule has 4 unspecified atom stereocenters. The van der Waals surface area contributed by atoms with E-state index >= 15 is 0 Å². The average molecular weight is 280 g/mol. The van der Waals surface area contributed by atoms with Crippen molar-refractivity contribution in [2.24, 2.45) is 11.7 Å². The number of rotatable bonds is 4. The number of nitrogens with zero attached hydrogens (tertiary/aromatic N) is 3. The summed E-state index contributed by atoms with van der Waals surface area (Å²) >= 11 is 0. The number of hydrogen-bond donors (Lipinski definition) is 1. The van der Waals surface area contributed by atoms with Crippen LogP contribution < -0.4 is 5.73 Å². The highest BCUT2D eigenvalue weighted by atomic mass is 15.4. The molecule has 0 bridgehead atoms. The average Bonchev–Trinajstić information content (AvgIpc) is 3.07. The van der Waals surface area contributed by atoms with Gasteiger partial charge in [-0.15, -0.1) is 0 Å². The summed E-state index contributed by atoms with van der Waals surface area (Å²) in [5.41, 5.74) is 6.52. The van der Waals surface area contributed by atoms with Crippen LogP contribution in [0.25, 0.3) is 0 Å². The fourth-order valence-corrected chi connectivity index (χ4v) is 4.64. The molecule has 0 spiro atoms. The Bertz CT molecular complexity index is 354. The van der Waals surface area contributed by atoms with E-state index in [2.05, 4.69) is 42.6 Å². The summed E-state index contributed by atoms with van der Waals surface area (Å²) in [7, 11) is 4.43. The maximum Gasteiger partial charge on any atom is 0.0474 e. The number of nitrogens with two attached hydrogens (primary N) is 1. The van der Waals surface area contributed by atoms with Crippen molar-refractivity contribution in [1.29, 1.82) is 0 Å². The summed E-state index contributed by atoms with van der Waals surface area (Å²) in [5, 5.41) is 0. The first-order chi connectivity index (χ1) is 9.47. The Kier molecular flexibility index (Phi) is 3.87. The molecule has 0 aromatic carbocycles. The summed E-state index contributed by atoms with van der Waals surface area (Å²) in [6.07, 6.45) is 4.07. The van der Waals surface area contributed by atoms with E-state index in [1.807, 2.05) is 0 Å². The van der Waals surface area contributed by atoms with E-state index in [1.54, 1.807) is 0 Å². The molecule has 116 valence electrons. The first-order valence-corrected chi connectivity index (χ1v) is 8.34. The second kappa shape index (κ2) is 5.24. The molecular formula is C16H32N4. The lowest BCUT2D eigenvalue weighted by Gasteiger charge is -2.38. The standard InChI is InChI=1S/C16H32N4/c1-12-8-19(9-15(12)18(3)4)16(10-17)7-13(2)20(11-16)14-5-6-14/h12-15H,5-11,17H2,1-4H3. The molecule has 0 aromatic rings. The van der Waals surface area contributed by atoms with Crippen LogP contribution in [-0.4, -0.2) is 78.6 Å². The zero-order valence-corrected chi connectivity index (χ0v) is 13.7. The maximum absolute atomic E-state index is 6.28. The molecule has 2 heterocycles. The zero-order valence-electron chi connectivity index (χ0n) is 13.7. The molecule has 4 nitrogen and oxygen atoms in total. The number of hydrogen-bond acceptors (Lipinski definition) is 4. The topological polar surface area (TPSA) is 35.7 Å². The Morgan fingerprint density at radius 2 is 1.90 bits per heavy atom. The van der Waals surface area contributed by atoms with Crippen LogP contribution in [0.5, 0.6) is 0 Å². The summed E-state index contributed by atoms with van der Waals surface area (Å²) < 4.78 is 0. The van der Waals surface area contributed by atoms with Gasteiger partial charge in [0.2, 0.25) is 0 Å². The van der Waals surface area contributed by atoms with Crippen molar-refractivity contribution in [3.8, 4) is 0 Å². The highest BCUT2D eigenvalue weighted by Crippen LogP contribution is 2.41. The van der Waals surface area contributed by atoms with Gasteiger partial charge in [0.25, 0.3) is 0 Å². The molecule has 0 aromatic heterocycles. The lowest BCUT2D eigenvalue weighted by Crippen LogP contribution is -2.55. The van der Waals surface area contributed by atoms with Gasteiger partial charge >= 0.3 is 0 Å². The van der Waals surface area contributed by atoms with E-state index in [4.69, 9.17) is 5.73 Å². The van der Waals surface area contributed by atoms with E-state index in [-0.39, 0.29) is 5.54 Å². The monoisotopic (exact) mass is 280 g/mol. The molecule has 2 saturated heterocycles. The van der Waals surface area contributed by atoms with Crippen molar-refractivity contribution in [3.63, 3.8) is 0 Å². The molecule has 20 heavy (non-hydrogen) atoms. The normalized spacial score (nSPS) is 43.8. The van der Waals surface area contributed by atoms with Gasteiger partial charge < -0.3 is 10.6 Å². The van der Waals surface area contributed by atoms with Crippen LogP contribution in [0, 0.1) is 5.92 Å². The summed E-state index contributed by atoms with van der Waals surface area (Å²) in [4.78, 5) is 7.85. The van der Waals surface area contributed by atoms with E-state index in [1.165, 1.54) is 38.9 Å². The van der Waals surface area contributed by atoms with Gasteiger partial charge in [0, 0.05) is 49.8 Å². The second-order valence-electron chi connectivity index (χ2n) is 7.80. The second-order valence-corrected chi connectivity index (χ2v) is 7.80. The van der Waals surface area contributed by atoms with Gasteiger partial charge in [0.15, 0.2) is 0 Å². The number of likely N-dealkylation sites (N-methyl/N-ethyl adjacent to an activating group) is 1. The minimum Gasteiger partial charge on any atom is -0.329 e. The third-order valence-corrected chi connectivity index (χ3v) is 6.02. The maximum atomic E-state index is 6.28. The van der Waals surface area contributed by atoms with Crippen LogP contribution in [0.4, 0.5) is 0 Å². The largest absolute Gasteiger partial charge is 0.329 e. The van der Waals surface area contributed by atoms with E-state index < -0.39 is 0 Å². The minimum atomic E-state index is 0.237. The van der Waals surface area contributed by atoms with Gasteiger partial charge in [0.1, 0.15) is 0 Å². The summed E-state index contributed by atoms with van der Waals surface area (Å²) in [5.74, 6) is 0.749. The lowest BCUT2D eigenvalue weighted by atomic mass is 9.94. The first-order valence-electron chi connectivity index (χ1n) is 8.34. The van der Waals surface area contributed by atoms with Crippen LogP contribution in [0.2, 0.25) is 0 Å². The third-order valence-electron chi connectivity index (χ3n) is 6.02. The van der Waals surface area contributed by atoms with Gasteiger partial charge in [-0.1, -0.05) is 6.92 Å². The lowest BCUT2D eigenvalue weighted by molar-refractivity contribution is 0.116. The highest BCUT2D eigenvalue weighted by molar-refractivity contribution is 5.09. The predicted molar refractivity (Wildman–Crippen MR) is 83.8 cm³/mol. The Balaban J connectivity index is 1.74. The summed E-state index contributed by atoms with van der Waals surface area (Å²) in [6.45, 7) is 9.21. The van der Waals surface area contributed by atoms with Gasteiger partial charge in [-0.25, -0.2) is 0 Å².